The molecule has 0 amide bonds. The van der Waals surface area contributed by atoms with Crippen molar-refractivity contribution < 1.29 is 9.53 Å². The first kappa shape index (κ1) is 8.05. The summed E-state index contributed by atoms with van der Waals surface area (Å²) in [6.45, 7) is 0. The van der Waals surface area contributed by atoms with E-state index in [4.69, 9.17) is 10.5 Å². The van der Waals surface area contributed by atoms with Crippen LogP contribution in [0.1, 0.15) is 19.3 Å². The summed E-state index contributed by atoms with van der Waals surface area (Å²) >= 11 is 0. The van der Waals surface area contributed by atoms with E-state index in [9.17, 15) is 4.79 Å². The van der Waals surface area contributed by atoms with Gasteiger partial charge in [-0.1, -0.05) is 0 Å². The monoisotopic (exact) mass is 169 g/mol. The van der Waals surface area contributed by atoms with Crippen molar-refractivity contribution in [3.63, 3.8) is 0 Å². The van der Waals surface area contributed by atoms with Gasteiger partial charge in [-0.2, -0.15) is 0 Å². The second-order valence-electron chi connectivity index (χ2n) is 3.96. The van der Waals surface area contributed by atoms with Crippen LogP contribution in [0.25, 0.3) is 0 Å². The third kappa shape index (κ3) is 0.959. The number of ether oxygens (including phenoxy) is 1. The lowest BCUT2D eigenvalue weighted by Crippen LogP contribution is -2.40. The van der Waals surface area contributed by atoms with Gasteiger partial charge in [-0.25, -0.2) is 0 Å². The smallest absolute Gasteiger partial charge is 0.310 e. The lowest BCUT2D eigenvalue weighted by Gasteiger charge is -2.25. The van der Waals surface area contributed by atoms with E-state index in [1.54, 1.807) is 0 Å². The Morgan fingerprint density at radius 2 is 2.08 bits per heavy atom. The number of hydrogen-bond donors (Lipinski definition) is 1. The second kappa shape index (κ2) is 2.73. The van der Waals surface area contributed by atoms with Crippen molar-refractivity contribution in [2.75, 3.05) is 7.11 Å². The Morgan fingerprint density at radius 3 is 2.58 bits per heavy atom. The predicted molar refractivity (Wildman–Crippen MR) is 44.3 cm³/mol. The quantitative estimate of drug-likeness (QED) is 0.583. The van der Waals surface area contributed by atoms with Crippen LogP contribution in [0.2, 0.25) is 0 Å². The molecule has 68 valence electrons. The topological polar surface area (TPSA) is 52.3 Å². The number of nitrogens with two attached hydrogens (primary N) is 1. The van der Waals surface area contributed by atoms with Gasteiger partial charge in [-0.05, 0) is 31.1 Å². The Kier molecular flexibility index (Phi) is 1.83. The first-order valence-electron chi connectivity index (χ1n) is 4.57. The Morgan fingerprint density at radius 1 is 1.42 bits per heavy atom. The molecule has 0 spiro atoms. The van der Waals surface area contributed by atoms with E-state index < -0.39 is 0 Å². The van der Waals surface area contributed by atoms with Crippen LogP contribution in [-0.4, -0.2) is 19.1 Å². The Bertz CT molecular complexity index is 203. The van der Waals surface area contributed by atoms with Gasteiger partial charge in [-0.15, -0.1) is 0 Å². The van der Waals surface area contributed by atoms with Crippen molar-refractivity contribution in [1.29, 1.82) is 0 Å². The van der Waals surface area contributed by atoms with Gasteiger partial charge in [0.25, 0.3) is 0 Å². The molecule has 3 nitrogen and oxygen atoms in total. The highest BCUT2D eigenvalue weighted by atomic mass is 16.5. The normalized spacial score (nSPS) is 44.8. The molecule has 4 atom stereocenters. The first-order chi connectivity index (χ1) is 5.74. The minimum Gasteiger partial charge on any atom is -0.469 e. The van der Waals surface area contributed by atoms with Crippen LogP contribution < -0.4 is 5.73 Å². The Hall–Kier alpha value is -0.570. The third-order valence-corrected chi connectivity index (χ3v) is 3.45. The maximum absolute atomic E-state index is 11.3. The van der Waals surface area contributed by atoms with Gasteiger partial charge in [-0.3, -0.25) is 4.79 Å². The van der Waals surface area contributed by atoms with Gasteiger partial charge >= 0.3 is 5.97 Å². The summed E-state index contributed by atoms with van der Waals surface area (Å²) in [5.41, 5.74) is 5.94. The van der Waals surface area contributed by atoms with Crippen LogP contribution in [0.15, 0.2) is 0 Å². The van der Waals surface area contributed by atoms with Crippen LogP contribution in [0.4, 0.5) is 0 Å². The Balaban J connectivity index is 2.12. The molecule has 2 fully saturated rings. The van der Waals surface area contributed by atoms with E-state index in [2.05, 4.69) is 0 Å². The van der Waals surface area contributed by atoms with Gasteiger partial charge in [0.2, 0.25) is 0 Å². The van der Waals surface area contributed by atoms with Crippen LogP contribution in [0.3, 0.4) is 0 Å². The van der Waals surface area contributed by atoms with E-state index in [1.807, 2.05) is 0 Å². The predicted octanol–water partition coefficient (Wildman–Crippen LogP) is 0.533. The number of esters is 1. The molecule has 2 saturated carbocycles. The molecule has 2 N–H and O–H groups in total. The van der Waals surface area contributed by atoms with E-state index in [1.165, 1.54) is 13.5 Å². The second-order valence-corrected chi connectivity index (χ2v) is 3.96. The lowest BCUT2D eigenvalue weighted by molar-refractivity contribution is -0.147. The van der Waals surface area contributed by atoms with E-state index in [0.717, 1.165) is 12.8 Å². The van der Waals surface area contributed by atoms with Gasteiger partial charge in [0.1, 0.15) is 0 Å². The number of carbonyl (C=O) groups is 1. The van der Waals surface area contributed by atoms with E-state index in [0.29, 0.717) is 11.8 Å². The summed E-state index contributed by atoms with van der Waals surface area (Å²) in [6, 6.07) is 0.0659. The van der Waals surface area contributed by atoms with Crippen molar-refractivity contribution in [3.8, 4) is 0 Å². The molecule has 2 bridgehead atoms. The first-order valence-corrected chi connectivity index (χ1v) is 4.57. The number of carbonyl (C=O) groups excluding carboxylic acids is 1. The van der Waals surface area contributed by atoms with E-state index >= 15 is 0 Å². The fraction of sp³-hybridized carbons (Fsp3) is 0.889. The average Bonchev–Trinajstić information content (AvgIpc) is 2.63. The molecule has 0 radical (unpaired) electrons. The molecule has 2 aliphatic rings. The van der Waals surface area contributed by atoms with Crippen molar-refractivity contribution in [2.45, 2.75) is 25.3 Å². The summed E-state index contributed by atoms with van der Waals surface area (Å²) in [6.07, 6.45) is 3.51. The molecular formula is C9H15NO2. The maximum atomic E-state index is 11.3. The molecule has 12 heavy (non-hydrogen) atoms. The zero-order valence-corrected chi connectivity index (χ0v) is 7.32. The fourth-order valence-corrected chi connectivity index (χ4v) is 2.82. The fourth-order valence-electron chi connectivity index (χ4n) is 2.82. The van der Waals surface area contributed by atoms with Crippen molar-refractivity contribution in [2.24, 2.45) is 23.5 Å². The molecule has 0 aromatic carbocycles. The molecule has 0 aromatic heterocycles. The minimum absolute atomic E-state index is 0.00579. The summed E-state index contributed by atoms with van der Waals surface area (Å²) < 4.78 is 4.74. The van der Waals surface area contributed by atoms with Gasteiger partial charge in [0, 0.05) is 6.04 Å². The zero-order chi connectivity index (χ0) is 8.72. The minimum atomic E-state index is -0.102. The van der Waals surface area contributed by atoms with E-state index in [-0.39, 0.29) is 17.9 Å². The third-order valence-electron chi connectivity index (χ3n) is 3.45. The number of rotatable bonds is 1. The van der Waals surface area contributed by atoms with Crippen LogP contribution in [-0.2, 0) is 9.53 Å². The SMILES string of the molecule is COC(=O)[C@H]1C2CCC(C2)[C@@H]1N. The molecule has 2 rings (SSSR count). The molecule has 0 aromatic rings. The van der Waals surface area contributed by atoms with Crippen LogP contribution in [0, 0.1) is 17.8 Å². The van der Waals surface area contributed by atoms with Gasteiger partial charge < -0.3 is 10.5 Å². The zero-order valence-electron chi connectivity index (χ0n) is 7.32. The molecular weight excluding hydrogens is 154 g/mol. The maximum Gasteiger partial charge on any atom is 0.310 e. The summed E-state index contributed by atoms with van der Waals surface area (Å²) in [7, 11) is 1.45. The van der Waals surface area contributed by atoms with Crippen molar-refractivity contribution in [1.82, 2.24) is 0 Å². The molecule has 0 heterocycles. The van der Waals surface area contributed by atoms with Gasteiger partial charge in [0.15, 0.2) is 0 Å². The highest BCUT2D eigenvalue weighted by Gasteiger charge is 2.49. The van der Waals surface area contributed by atoms with Crippen LogP contribution >= 0.6 is 0 Å². The lowest BCUT2D eigenvalue weighted by atomic mass is 9.85. The van der Waals surface area contributed by atoms with Crippen molar-refractivity contribution >= 4 is 5.97 Å². The van der Waals surface area contributed by atoms with Gasteiger partial charge in [0.05, 0.1) is 13.0 Å². The molecule has 2 aliphatic carbocycles. The average molecular weight is 169 g/mol. The molecule has 2 unspecified atom stereocenters. The molecule has 3 heteroatoms. The molecule has 0 saturated heterocycles. The largest absolute Gasteiger partial charge is 0.469 e. The molecule has 0 aliphatic heterocycles. The Labute approximate surface area is 72.3 Å². The number of fused-ring (bicyclic) bond motifs is 2. The summed E-state index contributed by atoms with van der Waals surface area (Å²) in [5.74, 6) is 0.986. The van der Waals surface area contributed by atoms with Crippen molar-refractivity contribution in [3.05, 3.63) is 0 Å². The highest BCUT2D eigenvalue weighted by Crippen LogP contribution is 2.47. The summed E-state index contributed by atoms with van der Waals surface area (Å²) in [4.78, 5) is 11.3. The van der Waals surface area contributed by atoms with Crippen LogP contribution in [0.5, 0.6) is 0 Å². The number of hydrogen-bond acceptors (Lipinski definition) is 3. The number of methoxy groups -OCH3 is 1. The summed E-state index contributed by atoms with van der Waals surface area (Å²) in [5, 5.41) is 0. The highest BCUT2D eigenvalue weighted by molar-refractivity contribution is 5.74. The standard InChI is InChI=1S/C9H15NO2/c1-12-9(11)7-5-2-3-6(4-5)8(7)10/h5-8H,2-4,10H2,1H3/t5?,6?,7-,8-/m0/s1.